The van der Waals surface area contributed by atoms with Gasteiger partial charge in [-0.25, -0.2) is 4.98 Å². The number of amides is 1. The van der Waals surface area contributed by atoms with Crippen molar-refractivity contribution in [2.75, 3.05) is 5.32 Å². The maximum absolute atomic E-state index is 12.1. The molecule has 0 aliphatic rings. The summed E-state index contributed by atoms with van der Waals surface area (Å²) in [4.78, 5) is 16.1. The van der Waals surface area contributed by atoms with Gasteiger partial charge in [-0.2, -0.15) is 0 Å². The zero-order chi connectivity index (χ0) is 13.1. The first-order valence-electron chi connectivity index (χ1n) is 5.26. The van der Waals surface area contributed by atoms with Gasteiger partial charge < -0.3 is 5.32 Å². The third kappa shape index (κ3) is 2.89. The number of rotatable bonds is 2. The van der Waals surface area contributed by atoms with Crippen LogP contribution < -0.4 is 5.32 Å². The van der Waals surface area contributed by atoms with E-state index in [1.807, 2.05) is 19.1 Å². The highest BCUT2D eigenvalue weighted by atomic mass is 79.9. The van der Waals surface area contributed by atoms with E-state index in [2.05, 4.69) is 26.2 Å². The first-order valence-corrected chi connectivity index (χ1v) is 6.43. The summed E-state index contributed by atoms with van der Waals surface area (Å²) in [6.07, 6.45) is 1.58. The van der Waals surface area contributed by atoms with Crippen LogP contribution in [0.1, 0.15) is 15.9 Å². The maximum atomic E-state index is 12.1. The number of pyridine rings is 1. The van der Waals surface area contributed by atoms with E-state index in [0.717, 1.165) is 10.0 Å². The summed E-state index contributed by atoms with van der Waals surface area (Å²) >= 11 is 9.28. The Labute approximate surface area is 118 Å². The van der Waals surface area contributed by atoms with Gasteiger partial charge >= 0.3 is 0 Å². The largest absolute Gasteiger partial charge is 0.305 e. The molecule has 2 aromatic rings. The third-order valence-corrected chi connectivity index (χ3v) is 3.23. The van der Waals surface area contributed by atoms with Crippen molar-refractivity contribution in [3.63, 3.8) is 0 Å². The summed E-state index contributed by atoms with van der Waals surface area (Å²) in [5.74, 6) is 0.137. The molecule has 3 nitrogen and oxygen atoms in total. The summed E-state index contributed by atoms with van der Waals surface area (Å²) < 4.78 is 0.852. The van der Waals surface area contributed by atoms with Gasteiger partial charge in [-0.15, -0.1) is 0 Å². The summed E-state index contributed by atoms with van der Waals surface area (Å²) in [6.45, 7) is 1.88. The number of carbonyl (C=O) groups excluding carboxylic acids is 1. The standard InChI is InChI=1S/C13H10BrClN2O/c1-8-4-5-9(14)7-10(8)13(18)17-12-11(15)3-2-6-16-12/h2-7H,1H3,(H,16,17,18). The van der Waals surface area contributed by atoms with Gasteiger partial charge in [0.1, 0.15) is 0 Å². The molecule has 0 saturated carbocycles. The first-order chi connectivity index (χ1) is 8.58. The van der Waals surface area contributed by atoms with E-state index in [4.69, 9.17) is 11.6 Å². The van der Waals surface area contributed by atoms with Crippen molar-refractivity contribution in [3.05, 3.63) is 57.2 Å². The Morgan fingerprint density at radius 2 is 2.17 bits per heavy atom. The summed E-state index contributed by atoms with van der Waals surface area (Å²) in [7, 11) is 0. The van der Waals surface area contributed by atoms with Crippen LogP contribution in [0, 0.1) is 6.92 Å². The molecule has 0 unspecified atom stereocenters. The van der Waals surface area contributed by atoms with Crippen LogP contribution in [-0.4, -0.2) is 10.9 Å². The Morgan fingerprint density at radius 1 is 1.39 bits per heavy atom. The first kappa shape index (κ1) is 13.1. The molecule has 18 heavy (non-hydrogen) atoms. The maximum Gasteiger partial charge on any atom is 0.257 e. The van der Waals surface area contributed by atoms with Gasteiger partial charge in [0.2, 0.25) is 0 Å². The molecule has 2 rings (SSSR count). The highest BCUT2D eigenvalue weighted by Gasteiger charge is 2.11. The smallest absolute Gasteiger partial charge is 0.257 e. The number of nitrogens with zero attached hydrogens (tertiary/aromatic N) is 1. The Kier molecular flexibility index (Phi) is 3.99. The molecule has 92 valence electrons. The zero-order valence-electron chi connectivity index (χ0n) is 9.58. The molecular weight excluding hydrogens is 316 g/mol. The van der Waals surface area contributed by atoms with E-state index in [1.165, 1.54) is 0 Å². The van der Waals surface area contributed by atoms with Crippen molar-refractivity contribution < 1.29 is 4.79 Å². The predicted octanol–water partition coefficient (Wildman–Crippen LogP) is 4.06. The number of nitrogens with one attached hydrogen (secondary N) is 1. The van der Waals surface area contributed by atoms with E-state index in [0.29, 0.717) is 16.4 Å². The van der Waals surface area contributed by atoms with E-state index in [9.17, 15) is 4.79 Å². The van der Waals surface area contributed by atoms with E-state index in [-0.39, 0.29) is 5.91 Å². The van der Waals surface area contributed by atoms with Gasteiger partial charge in [0.05, 0.1) is 5.02 Å². The third-order valence-electron chi connectivity index (χ3n) is 2.43. The molecule has 1 heterocycles. The molecule has 1 aromatic carbocycles. The van der Waals surface area contributed by atoms with E-state index >= 15 is 0 Å². The number of carbonyl (C=O) groups is 1. The molecule has 0 bridgehead atoms. The van der Waals surface area contributed by atoms with Crippen LogP contribution >= 0.6 is 27.5 Å². The number of hydrogen-bond acceptors (Lipinski definition) is 2. The fourth-order valence-corrected chi connectivity index (χ4v) is 2.02. The van der Waals surface area contributed by atoms with Crippen molar-refractivity contribution in [3.8, 4) is 0 Å². The molecule has 0 radical (unpaired) electrons. The van der Waals surface area contributed by atoms with Crippen LogP contribution in [0.5, 0.6) is 0 Å². The lowest BCUT2D eigenvalue weighted by molar-refractivity contribution is 0.102. The number of anilines is 1. The number of aryl methyl sites for hydroxylation is 1. The van der Waals surface area contributed by atoms with Gasteiger partial charge in [0, 0.05) is 16.2 Å². The SMILES string of the molecule is Cc1ccc(Br)cc1C(=O)Nc1ncccc1Cl. The fourth-order valence-electron chi connectivity index (χ4n) is 1.49. The van der Waals surface area contributed by atoms with Crippen LogP contribution in [0.15, 0.2) is 41.0 Å². The second-order valence-corrected chi connectivity index (χ2v) is 5.07. The zero-order valence-corrected chi connectivity index (χ0v) is 11.9. The Bertz CT molecular complexity index is 601. The van der Waals surface area contributed by atoms with Crippen molar-refractivity contribution in [1.82, 2.24) is 4.98 Å². The van der Waals surface area contributed by atoms with Crippen molar-refractivity contribution in [1.29, 1.82) is 0 Å². The Hall–Kier alpha value is -1.39. The van der Waals surface area contributed by atoms with Crippen molar-refractivity contribution >= 4 is 39.3 Å². The fraction of sp³-hybridized carbons (Fsp3) is 0.0769. The number of halogens is 2. The average molecular weight is 326 g/mol. The van der Waals surface area contributed by atoms with Gasteiger partial charge in [0.15, 0.2) is 5.82 Å². The molecule has 0 saturated heterocycles. The molecule has 0 atom stereocenters. The highest BCUT2D eigenvalue weighted by Crippen LogP contribution is 2.20. The van der Waals surface area contributed by atoms with Crippen molar-refractivity contribution in [2.45, 2.75) is 6.92 Å². The van der Waals surface area contributed by atoms with Crippen LogP contribution in [0.25, 0.3) is 0 Å². The van der Waals surface area contributed by atoms with E-state index in [1.54, 1.807) is 24.4 Å². The molecule has 0 fully saturated rings. The lowest BCUT2D eigenvalue weighted by atomic mass is 10.1. The molecule has 5 heteroatoms. The van der Waals surface area contributed by atoms with Crippen LogP contribution in [0.3, 0.4) is 0 Å². The minimum absolute atomic E-state index is 0.227. The lowest BCUT2D eigenvalue weighted by Crippen LogP contribution is -2.14. The Balaban J connectivity index is 2.28. The van der Waals surface area contributed by atoms with Gasteiger partial charge in [-0.05, 0) is 36.8 Å². The summed E-state index contributed by atoms with van der Waals surface area (Å²) in [6, 6.07) is 8.92. The molecule has 1 amide bonds. The second-order valence-electron chi connectivity index (χ2n) is 3.75. The molecular formula is C13H10BrClN2O. The molecule has 0 aliphatic carbocycles. The lowest BCUT2D eigenvalue weighted by Gasteiger charge is -2.08. The summed E-state index contributed by atoms with van der Waals surface area (Å²) in [5, 5.41) is 3.11. The van der Waals surface area contributed by atoms with Crippen LogP contribution in [0.2, 0.25) is 5.02 Å². The number of aromatic nitrogens is 1. The van der Waals surface area contributed by atoms with Crippen LogP contribution in [-0.2, 0) is 0 Å². The summed E-state index contributed by atoms with van der Waals surface area (Å²) in [5.41, 5.74) is 1.48. The minimum Gasteiger partial charge on any atom is -0.305 e. The van der Waals surface area contributed by atoms with Crippen LogP contribution in [0.4, 0.5) is 5.82 Å². The average Bonchev–Trinajstić information content (AvgIpc) is 2.35. The second kappa shape index (κ2) is 5.50. The topological polar surface area (TPSA) is 42.0 Å². The normalized spacial score (nSPS) is 10.2. The van der Waals surface area contributed by atoms with E-state index < -0.39 is 0 Å². The molecule has 0 spiro atoms. The minimum atomic E-state index is -0.227. The monoisotopic (exact) mass is 324 g/mol. The van der Waals surface area contributed by atoms with Gasteiger partial charge in [-0.1, -0.05) is 33.6 Å². The van der Waals surface area contributed by atoms with Gasteiger partial charge in [-0.3, -0.25) is 4.79 Å². The highest BCUT2D eigenvalue weighted by molar-refractivity contribution is 9.10. The molecule has 1 aromatic heterocycles. The van der Waals surface area contributed by atoms with Gasteiger partial charge in [0.25, 0.3) is 5.91 Å². The number of hydrogen-bond donors (Lipinski definition) is 1. The van der Waals surface area contributed by atoms with Crippen molar-refractivity contribution in [2.24, 2.45) is 0 Å². The predicted molar refractivity (Wildman–Crippen MR) is 76.1 cm³/mol. The molecule has 0 aliphatic heterocycles. The quantitative estimate of drug-likeness (QED) is 0.905. The Morgan fingerprint density at radius 3 is 2.89 bits per heavy atom. The molecule has 1 N–H and O–H groups in total. The number of benzene rings is 1.